The Balaban J connectivity index is 1.40. The highest BCUT2D eigenvalue weighted by Crippen LogP contribution is 2.22. The largest absolute Gasteiger partial charge is 0.494 e. The van der Waals surface area contributed by atoms with Gasteiger partial charge in [0, 0.05) is 25.1 Å². The van der Waals surface area contributed by atoms with Crippen molar-refractivity contribution in [2.75, 3.05) is 19.7 Å². The van der Waals surface area contributed by atoms with E-state index in [-0.39, 0.29) is 11.7 Å². The molecule has 1 amide bonds. The standard InChI is InChI=1S/C23H25NO3/c1-18(25)19-9-11-22(12-10-19)27-17-5-8-23(26)24-15-13-21(14-16-24)20-6-3-2-4-7-20/h2-4,6-7,9-13H,5,8,14-17H2,1H3. The Morgan fingerprint density at radius 2 is 1.78 bits per heavy atom. The molecule has 0 aromatic heterocycles. The van der Waals surface area contributed by atoms with Crippen molar-refractivity contribution in [3.05, 3.63) is 71.8 Å². The zero-order valence-electron chi connectivity index (χ0n) is 15.7. The minimum absolute atomic E-state index is 0.0400. The fourth-order valence-corrected chi connectivity index (χ4v) is 3.17. The zero-order chi connectivity index (χ0) is 19.1. The molecule has 0 fully saturated rings. The molecule has 2 aromatic rings. The van der Waals surface area contributed by atoms with E-state index in [1.165, 1.54) is 11.1 Å². The van der Waals surface area contributed by atoms with Crippen LogP contribution in [0.15, 0.2) is 60.7 Å². The molecule has 0 bridgehead atoms. The van der Waals surface area contributed by atoms with Crippen molar-refractivity contribution in [1.29, 1.82) is 0 Å². The third-order valence-corrected chi connectivity index (χ3v) is 4.77. The van der Waals surface area contributed by atoms with E-state index in [4.69, 9.17) is 4.74 Å². The number of carbonyl (C=O) groups is 2. The molecular weight excluding hydrogens is 338 g/mol. The Hall–Kier alpha value is -2.88. The molecule has 0 saturated carbocycles. The van der Waals surface area contributed by atoms with E-state index in [0.717, 1.165) is 18.7 Å². The van der Waals surface area contributed by atoms with E-state index in [9.17, 15) is 9.59 Å². The maximum Gasteiger partial charge on any atom is 0.222 e. The van der Waals surface area contributed by atoms with E-state index in [2.05, 4.69) is 18.2 Å². The smallest absolute Gasteiger partial charge is 0.222 e. The third-order valence-electron chi connectivity index (χ3n) is 4.77. The summed E-state index contributed by atoms with van der Waals surface area (Å²) in [5.74, 6) is 0.938. The number of amides is 1. The molecule has 0 N–H and O–H groups in total. The summed E-state index contributed by atoms with van der Waals surface area (Å²) < 4.78 is 5.66. The van der Waals surface area contributed by atoms with E-state index in [0.29, 0.717) is 31.6 Å². The van der Waals surface area contributed by atoms with E-state index in [1.807, 2.05) is 23.1 Å². The molecule has 4 nitrogen and oxygen atoms in total. The fraction of sp³-hybridized carbons (Fsp3) is 0.304. The first-order valence-corrected chi connectivity index (χ1v) is 9.39. The molecule has 2 aromatic carbocycles. The second kappa shape index (κ2) is 9.17. The molecule has 0 aliphatic carbocycles. The molecule has 1 heterocycles. The van der Waals surface area contributed by atoms with Gasteiger partial charge >= 0.3 is 0 Å². The van der Waals surface area contributed by atoms with Crippen LogP contribution in [-0.4, -0.2) is 36.3 Å². The van der Waals surface area contributed by atoms with Crippen molar-refractivity contribution in [2.45, 2.75) is 26.2 Å². The summed E-state index contributed by atoms with van der Waals surface area (Å²) in [4.78, 5) is 25.5. The van der Waals surface area contributed by atoms with Gasteiger partial charge in [0.2, 0.25) is 5.91 Å². The van der Waals surface area contributed by atoms with Crippen molar-refractivity contribution < 1.29 is 14.3 Å². The molecule has 3 rings (SSSR count). The van der Waals surface area contributed by atoms with Crippen LogP contribution < -0.4 is 4.74 Å². The molecule has 1 aliphatic heterocycles. The maximum atomic E-state index is 12.4. The lowest BCUT2D eigenvalue weighted by atomic mass is 9.99. The van der Waals surface area contributed by atoms with Crippen LogP contribution in [0.25, 0.3) is 5.57 Å². The SMILES string of the molecule is CC(=O)c1ccc(OCCCC(=O)N2CC=C(c3ccccc3)CC2)cc1. The van der Waals surface area contributed by atoms with Crippen LogP contribution in [0, 0.1) is 0 Å². The zero-order valence-corrected chi connectivity index (χ0v) is 15.7. The molecule has 140 valence electrons. The average Bonchev–Trinajstić information content (AvgIpc) is 2.72. The number of hydrogen-bond donors (Lipinski definition) is 0. The summed E-state index contributed by atoms with van der Waals surface area (Å²) in [6.45, 7) is 3.48. The summed E-state index contributed by atoms with van der Waals surface area (Å²) >= 11 is 0. The highest BCUT2D eigenvalue weighted by molar-refractivity contribution is 5.94. The summed E-state index contributed by atoms with van der Waals surface area (Å²) in [5.41, 5.74) is 3.23. The molecule has 4 heteroatoms. The maximum absolute atomic E-state index is 12.4. The van der Waals surface area contributed by atoms with Crippen molar-refractivity contribution >= 4 is 17.3 Å². The normalized spacial score (nSPS) is 13.8. The Morgan fingerprint density at radius 1 is 1.04 bits per heavy atom. The van der Waals surface area contributed by atoms with E-state index >= 15 is 0 Å². The van der Waals surface area contributed by atoms with Crippen LogP contribution >= 0.6 is 0 Å². The van der Waals surface area contributed by atoms with Gasteiger partial charge in [0.1, 0.15) is 5.75 Å². The van der Waals surface area contributed by atoms with Crippen LogP contribution in [0.2, 0.25) is 0 Å². The van der Waals surface area contributed by atoms with Gasteiger partial charge in [-0.05, 0) is 55.2 Å². The monoisotopic (exact) mass is 363 g/mol. The van der Waals surface area contributed by atoms with Gasteiger partial charge in [-0.15, -0.1) is 0 Å². The molecule has 0 spiro atoms. The van der Waals surface area contributed by atoms with Crippen LogP contribution in [0.5, 0.6) is 5.75 Å². The number of benzene rings is 2. The lowest BCUT2D eigenvalue weighted by Gasteiger charge is -2.26. The van der Waals surface area contributed by atoms with Crippen LogP contribution in [-0.2, 0) is 4.79 Å². The van der Waals surface area contributed by atoms with Crippen molar-refractivity contribution in [3.63, 3.8) is 0 Å². The van der Waals surface area contributed by atoms with Gasteiger partial charge < -0.3 is 9.64 Å². The molecule has 0 saturated heterocycles. The second-order valence-electron chi connectivity index (χ2n) is 6.72. The van der Waals surface area contributed by atoms with Gasteiger partial charge in [-0.1, -0.05) is 36.4 Å². The number of hydrogen-bond acceptors (Lipinski definition) is 3. The minimum atomic E-state index is 0.0400. The topological polar surface area (TPSA) is 46.6 Å². The number of Topliss-reactive ketones (excluding diaryl/α,β-unsaturated/α-hetero) is 1. The van der Waals surface area contributed by atoms with Crippen molar-refractivity contribution in [1.82, 2.24) is 4.90 Å². The van der Waals surface area contributed by atoms with Crippen molar-refractivity contribution in [2.24, 2.45) is 0 Å². The molecule has 0 unspecified atom stereocenters. The quantitative estimate of drug-likeness (QED) is 0.542. The predicted molar refractivity (Wildman–Crippen MR) is 107 cm³/mol. The first-order valence-electron chi connectivity index (χ1n) is 9.39. The Kier molecular flexibility index (Phi) is 6.42. The highest BCUT2D eigenvalue weighted by Gasteiger charge is 2.17. The van der Waals surface area contributed by atoms with Gasteiger partial charge in [0.25, 0.3) is 0 Å². The van der Waals surface area contributed by atoms with Crippen molar-refractivity contribution in [3.8, 4) is 5.75 Å². The average molecular weight is 363 g/mol. The minimum Gasteiger partial charge on any atom is -0.494 e. The van der Waals surface area contributed by atoms with Gasteiger partial charge in [-0.3, -0.25) is 9.59 Å². The Bertz CT molecular complexity index is 809. The predicted octanol–water partition coefficient (Wildman–Crippen LogP) is 4.36. The number of ether oxygens (including phenoxy) is 1. The summed E-state index contributed by atoms with van der Waals surface area (Å²) in [6, 6.07) is 17.4. The summed E-state index contributed by atoms with van der Waals surface area (Å²) in [5, 5.41) is 0. The summed E-state index contributed by atoms with van der Waals surface area (Å²) in [7, 11) is 0. The summed E-state index contributed by atoms with van der Waals surface area (Å²) in [6.07, 6.45) is 4.22. The molecular formula is C23H25NO3. The van der Waals surface area contributed by atoms with Gasteiger partial charge in [-0.25, -0.2) is 0 Å². The van der Waals surface area contributed by atoms with Crippen LogP contribution in [0.4, 0.5) is 0 Å². The van der Waals surface area contributed by atoms with Gasteiger partial charge in [-0.2, -0.15) is 0 Å². The van der Waals surface area contributed by atoms with Crippen LogP contribution in [0.1, 0.15) is 42.1 Å². The second-order valence-corrected chi connectivity index (χ2v) is 6.72. The fourth-order valence-electron chi connectivity index (χ4n) is 3.17. The van der Waals surface area contributed by atoms with Gasteiger partial charge in [0.15, 0.2) is 5.78 Å². The lowest BCUT2D eigenvalue weighted by Crippen LogP contribution is -2.34. The third kappa shape index (κ3) is 5.30. The molecule has 1 aliphatic rings. The van der Waals surface area contributed by atoms with Crippen LogP contribution in [0.3, 0.4) is 0 Å². The molecule has 0 atom stereocenters. The highest BCUT2D eigenvalue weighted by atomic mass is 16.5. The lowest BCUT2D eigenvalue weighted by molar-refractivity contribution is -0.131. The Morgan fingerprint density at radius 3 is 2.41 bits per heavy atom. The Labute approximate surface area is 160 Å². The first-order chi connectivity index (χ1) is 13.1. The number of rotatable bonds is 7. The van der Waals surface area contributed by atoms with E-state index in [1.54, 1.807) is 31.2 Å². The number of carbonyl (C=O) groups excluding carboxylic acids is 2. The molecule has 27 heavy (non-hydrogen) atoms. The molecule has 0 radical (unpaired) electrons. The van der Waals surface area contributed by atoms with Gasteiger partial charge in [0.05, 0.1) is 6.61 Å². The number of ketones is 1. The number of nitrogens with zero attached hydrogens (tertiary/aromatic N) is 1. The van der Waals surface area contributed by atoms with E-state index < -0.39 is 0 Å². The first kappa shape index (κ1) is 18.9.